The van der Waals surface area contributed by atoms with Crippen LogP contribution in [-0.2, 0) is 17.8 Å². The van der Waals surface area contributed by atoms with Gasteiger partial charge in [0.1, 0.15) is 0 Å². The first-order valence-corrected chi connectivity index (χ1v) is 8.78. The zero-order chi connectivity index (χ0) is 17.6. The second kappa shape index (κ2) is 7.85. The Balaban J connectivity index is 1.48. The van der Waals surface area contributed by atoms with E-state index in [4.69, 9.17) is 0 Å². The van der Waals surface area contributed by atoms with Crippen LogP contribution in [0.3, 0.4) is 0 Å². The lowest BCUT2D eigenvalue weighted by Gasteiger charge is -2.05. The first-order chi connectivity index (χ1) is 12.1. The number of nitrogens with one attached hydrogen (secondary N) is 1. The van der Waals surface area contributed by atoms with Crippen molar-refractivity contribution in [1.29, 1.82) is 0 Å². The lowest BCUT2D eigenvalue weighted by atomic mass is 10.1. The van der Waals surface area contributed by atoms with Crippen molar-refractivity contribution in [3.05, 3.63) is 69.2 Å². The van der Waals surface area contributed by atoms with E-state index in [9.17, 15) is 14.9 Å². The molecule has 25 heavy (non-hydrogen) atoms. The third kappa shape index (κ3) is 4.39. The summed E-state index contributed by atoms with van der Waals surface area (Å²) in [4.78, 5) is 27.0. The summed E-state index contributed by atoms with van der Waals surface area (Å²) in [6.07, 6.45) is 1.82. The van der Waals surface area contributed by atoms with E-state index in [2.05, 4.69) is 10.3 Å². The number of para-hydroxylation sites is 2. The number of carbonyl (C=O) groups excluding carboxylic acids is 1. The van der Waals surface area contributed by atoms with Crippen LogP contribution >= 0.6 is 11.3 Å². The smallest absolute Gasteiger partial charge is 0.274 e. The molecule has 0 atom stereocenters. The van der Waals surface area contributed by atoms with Crippen LogP contribution in [-0.4, -0.2) is 15.8 Å². The van der Waals surface area contributed by atoms with Gasteiger partial charge in [-0.3, -0.25) is 14.9 Å². The molecule has 7 heteroatoms. The number of nitrogens with zero attached hydrogens (tertiary/aromatic N) is 2. The highest BCUT2D eigenvalue weighted by Gasteiger charge is 2.13. The third-order valence-electron chi connectivity index (χ3n) is 3.80. The number of hydrogen-bond donors (Lipinski definition) is 1. The molecule has 1 heterocycles. The van der Waals surface area contributed by atoms with Gasteiger partial charge in [-0.2, -0.15) is 0 Å². The zero-order valence-corrected chi connectivity index (χ0v) is 14.3. The highest BCUT2D eigenvalue weighted by molar-refractivity contribution is 7.18. The molecule has 0 radical (unpaired) electrons. The molecule has 1 aromatic heterocycles. The largest absolute Gasteiger partial charge is 0.352 e. The van der Waals surface area contributed by atoms with Crippen LogP contribution in [0.1, 0.15) is 23.4 Å². The van der Waals surface area contributed by atoms with Gasteiger partial charge in [0, 0.05) is 24.6 Å². The Kier molecular flexibility index (Phi) is 5.35. The van der Waals surface area contributed by atoms with Gasteiger partial charge in [0.2, 0.25) is 5.91 Å². The number of thiazole rings is 1. The van der Waals surface area contributed by atoms with Crippen molar-refractivity contribution in [2.75, 3.05) is 0 Å². The Morgan fingerprint density at radius 3 is 2.72 bits per heavy atom. The van der Waals surface area contributed by atoms with E-state index in [0.717, 1.165) is 21.6 Å². The van der Waals surface area contributed by atoms with Crippen molar-refractivity contribution >= 4 is 33.1 Å². The van der Waals surface area contributed by atoms with Crippen molar-refractivity contribution < 1.29 is 9.72 Å². The molecule has 2 aromatic carbocycles. The number of nitro groups is 1. The number of carbonyl (C=O) groups is 1. The fourth-order valence-electron chi connectivity index (χ4n) is 2.55. The monoisotopic (exact) mass is 355 g/mol. The Labute approximate surface area is 148 Å². The molecule has 128 valence electrons. The summed E-state index contributed by atoms with van der Waals surface area (Å²) in [6, 6.07) is 14.4. The summed E-state index contributed by atoms with van der Waals surface area (Å²) in [5.41, 5.74) is 1.52. The molecular weight excluding hydrogens is 338 g/mol. The first-order valence-electron chi connectivity index (χ1n) is 7.97. The highest BCUT2D eigenvalue weighted by Crippen LogP contribution is 2.22. The highest BCUT2D eigenvalue weighted by atomic mass is 32.1. The Morgan fingerprint density at radius 2 is 1.92 bits per heavy atom. The molecule has 0 fully saturated rings. The van der Waals surface area contributed by atoms with Crippen molar-refractivity contribution in [1.82, 2.24) is 10.3 Å². The molecule has 0 saturated heterocycles. The fraction of sp³-hybridized carbons (Fsp3) is 0.222. The second-order valence-corrected chi connectivity index (χ2v) is 6.71. The Morgan fingerprint density at radius 1 is 1.16 bits per heavy atom. The predicted octanol–water partition coefficient (Wildman–Crippen LogP) is 3.84. The van der Waals surface area contributed by atoms with E-state index >= 15 is 0 Å². The van der Waals surface area contributed by atoms with E-state index < -0.39 is 4.92 Å². The number of rotatable bonds is 7. The normalized spacial score (nSPS) is 10.7. The molecule has 0 aliphatic carbocycles. The second-order valence-electron chi connectivity index (χ2n) is 5.59. The molecule has 1 amide bonds. The molecule has 0 spiro atoms. The number of aryl methyl sites for hydroxylation is 1. The number of aromatic nitrogens is 1. The molecule has 0 aliphatic rings. The SMILES string of the molecule is O=C(CCCc1nc2ccccc2s1)NCc1ccccc1[N+](=O)[O-]. The van der Waals surface area contributed by atoms with Gasteiger partial charge in [-0.25, -0.2) is 4.98 Å². The lowest BCUT2D eigenvalue weighted by Crippen LogP contribution is -2.23. The summed E-state index contributed by atoms with van der Waals surface area (Å²) in [5.74, 6) is -0.112. The van der Waals surface area contributed by atoms with Crippen LogP contribution in [0.25, 0.3) is 10.2 Å². The van der Waals surface area contributed by atoms with E-state index in [1.165, 1.54) is 6.07 Å². The van der Waals surface area contributed by atoms with Gasteiger partial charge in [-0.15, -0.1) is 11.3 Å². The summed E-state index contributed by atoms with van der Waals surface area (Å²) < 4.78 is 1.15. The van der Waals surface area contributed by atoms with E-state index in [1.54, 1.807) is 29.5 Å². The van der Waals surface area contributed by atoms with Gasteiger partial charge in [-0.05, 0) is 25.0 Å². The number of amides is 1. The molecule has 0 aliphatic heterocycles. The standard InChI is InChI=1S/C18H17N3O3S/c22-17(19-12-13-6-1-3-8-15(13)21(23)24)10-5-11-18-20-14-7-2-4-9-16(14)25-18/h1-4,6-9H,5,10-12H2,(H,19,22). The predicted molar refractivity (Wildman–Crippen MR) is 97.5 cm³/mol. The topological polar surface area (TPSA) is 85.1 Å². The lowest BCUT2D eigenvalue weighted by molar-refractivity contribution is -0.385. The minimum atomic E-state index is -0.436. The summed E-state index contributed by atoms with van der Waals surface area (Å²) in [7, 11) is 0. The van der Waals surface area contributed by atoms with Gasteiger partial charge >= 0.3 is 0 Å². The average molecular weight is 355 g/mol. The summed E-state index contributed by atoms with van der Waals surface area (Å²) in [5, 5.41) is 14.7. The van der Waals surface area contributed by atoms with E-state index in [-0.39, 0.29) is 18.1 Å². The average Bonchev–Trinajstić information content (AvgIpc) is 3.03. The molecule has 6 nitrogen and oxygen atoms in total. The quantitative estimate of drug-likeness (QED) is 0.515. The maximum Gasteiger partial charge on any atom is 0.274 e. The van der Waals surface area contributed by atoms with Crippen molar-refractivity contribution in [3.63, 3.8) is 0 Å². The van der Waals surface area contributed by atoms with Gasteiger partial charge < -0.3 is 5.32 Å². The van der Waals surface area contributed by atoms with Gasteiger partial charge in [-0.1, -0.05) is 30.3 Å². The van der Waals surface area contributed by atoms with Crippen molar-refractivity contribution in [2.24, 2.45) is 0 Å². The number of hydrogen-bond acceptors (Lipinski definition) is 5. The molecule has 0 saturated carbocycles. The Bertz CT molecular complexity index is 874. The zero-order valence-electron chi connectivity index (χ0n) is 13.5. The Hall–Kier alpha value is -2.80. The molecule has 3 rings (SSSR count). The van der Waals surface area contributed by atoms with Crippen LogP contribution in [0.5, 0.6) is 0 Å². The van der Waals surface area contributed by atoms with Gasteiger partial charge in [0.25, 0.3) is 5.69 Å². The minimum absolute atomic E-state index is 0.0253. The number of nitro benzene ring substituents is 1. The molecule has 1 N–H and O–H groups in total. The van der Waals surface area contributed by atoms with Gasteiger partial charge in [0.05, 0.1) is 20.1 Å². The molecule has 0 bridgehead atoms. The third-order valence-corrected chi connectivity index (χ3v) is 4.89. The van der Waals surface area contributed by atoms with E-state index in [0.29, 0.717) is 18.4 Å². The van der Waals surface area contributed by atoms with E-state index in [1.807, 2.05) is 24.3 Å². The molecule has 3 aromatic rings. The summed E-state index contributed by atoms with van der Waals surface area (Å²) >= 11 is 1.65. The number of benzene rings is 2. The maximum atomic E-state index is 12.0. The maximum absolute atomic E-state index is 12.0. The van der Waals surface area contributed by atoms with Crippen LogP contribution in [0.2, 0.25) is 0 Å². The van der Waals surface area contributed by atoms with Crippen LogP contribution in [0, 0.1) is 10.1 Å². The molecule has 0 unspecified atom stereocenters. The van der Waals surface area contributed by atoms with Gasteiger partial charge in [0.15, 0.2) is 0 Å². The minimum Gasteiger partial charge on any atom is -0.352 e. The fourth-order valence-corrected chi connectivity index (χ4v) is 3.56. The van der Waals surface area contributed by atoms with Crippen molar-refractivity contribution in [3.8, 4) is 0 Å². The first kappa shape index (κ1) is 17.0. The van der Waals surface area contributed by atoms with Crippen LogP contribution < -0.4 is 5.32 Å². The van der Waals surface area contributed by atoms with Crippen LogP contribution in [0.4, 0.5) is 5.69 Å². The summed E-state index contributed by atoms with van der Waals surface area (Å²) in [6.45, 7) is 0.164. The van der Waals surface area contributed by atoms with Crippen LogP contribution in [0.15, 0.2) is 48.5 Å². The number of fused-ring (bicyclic) bond motifs is 1. The molecular formula is C18H17N3O3S. The van der Waals surface area contributed by atoms with Crippen molar-refractivity contribution in [2.45, 2.75) is 25.8 Å².